The standard InChI is InChI=1S/C12H16BrNO4/c1-18-12(17)8-4-2-3-7(10(8)14)11(16)9(15)5-6-13/h2-4,9,11,15-16H,5-6,14H2,1H3. The number of methoxy groups -OCH3 is 1. The van der Waals surface area contributed by atoms with Gasteiger partial charge >= 0.3 is 5.97 Å². The first-order valence-corrected chi connectivity index (χ1v) is 6.53. The van der Waals surface area contributed by atoms with Crippen LogP contribution in [-0.2, 0) is 4.74 Å². The number of rotatable bonds is 5. The molecule has 100 valence electrons. The van der Waals surface area contributed by atoms with E-state index in [1.165, 1.54) is 13.2 Å². The first kappa shape index (κ1) is 14.9. The molecule has 0 amide bonds. The van der Waals surface area contributed by atoms with E-state index in [1.54, 1.807) is 12.1 Å². The average Bonchev–Trinajstić information content (AvgIpc) is 2.37. The second kappa shape index (κ2) is 6.72. The van der Waals surface area contributed by atoms with Crippen molar-refractivity contribution in [1.29, 1.82) is 0 Å². The summed E-state index contributed by atoms with van der Waals surface area (Å²) in [4.78, 5) is 11.5. The molecule has 0 aliphatic heterocycles. The van der Waals surface area contributed by atoms with Gasteiger partial charge in [0.05, 0.1) is 24.5 Å². The van der Waals surface area contributed by atoms with Gasteiger partial charge in [-0.15, -0.1) is 0 Å². The van der Waals surface area contributed by atoms with Crippen LogP contribution < -0.4 is 5.73 Å². The fourth-order valence-electron chi connectivity index (χ4n) is 1.61. The summed E-state index contributed by atoms with van der Waals surface area (Å²) < 4.78 is 4.59. The third-order valence-electron chi connectivity index (χ3n) is 2.63. The predicted octanol–water partition coefficient (Wildman–Crippen LogP) is 1.23. The lowest BCUT2D eigenvalue weighted by molar-refractivity contribution is 0.0177. The molecule has 0 bridgehead atoms. The Balaban J connectivity index is 3.06. The summed E-state index contributed by atoms with van der Waals surface area (Å²) in [6, 6.07) is 4.67. The number of para-hydroxylation sites is 1. The van der Waals surface area contributed by atoms with Crippen LogP contribution in [-0.4, -0.2) is 34.7 Å². The SMILES string of the molecule is COC(=O)c1cccc(C(O)C(O)CCBr)c1N. The smallest absolute Gasteiger partial charge is 0.339 e. The van der Waals surface area contributed by atoms with E-state index in [0.29, 0.717) is 17.3 Å². The van der Waals surface area contributed by atoms with Crippen LogP contribution in [0.25, 0.3) is 0 Å². The van der Waals surface area contributed by atoms with Gasteiger partial charge in [-0.3, -0.25) is 0 Å². The minimum absolute atomic E-state index is 0.130. The summed E-state index contributed by atoms with van der Waals surface area (Å²) in [5.41, 5.74) is 6.45. The fraction of sp³-hybridized carbons (Fsp3) is 0.417. The van der Waals surface area contributed by atoms with Gasteiger partial charge in [0.1, 0.15) is 6.10 Å². The zero-order valence-electron chi connectivity index (χ0n) is 9.97. The number of hydrogen-bond donors (Lipinski definition) is 3. The maximum Gasteiger partial charge on any atom is 0.339 e. The van der Waals surface area contributed by atoms with Gasteiger partial charge in [0, 0.05) is 10.9 Å². The van der Waals surface area contributed by atoms with E-state index < -0.39 is 18.2 Å². The predicted molar refractivity (Wildman–Crippen MR) is 71.6 cm³/mol. The van der Waals surface area contributed by atoms with Crippen LogP contribution in [0.15, 0.2) is 18.2 Å². The van der Waals surface area contributed by atoms with Crippen LogP contribution in [0.3, 0.4) is 0 Å². The number of anilines is 1. The zero-order chi connectivity index (χ0) is 13.7. The number of benzene rings is 1. The summed E-state index contributed by atoms with van der Waals surface area (Å²) in [6.45, 7) is 0. The van der Waals surface area contributed by atoms with Crippen LogP contribution in [0.4, 0.5) is 5.69 Å². The molecule has 18 heavy (non-hydrogen) atoms. The molecule has 6 heteroatoms. The number of carbonyl (C=O) groups excluding carboxylic acids is 1. The Kier molecular flexibility index (Phi) is 5.58. The number of esters is 1. The minimum Gasteiger partial charge on any atom is -0.465 e. The van der Waals surface area contributed by atoms with Crippen molar-refractivity contribution in [2.45, 2.75) is 18.6 Å². The second-order valence-electron chi connectivity index (χ2n) is 3.79. The Bertz CT molecular complexity index is 425. The van der Waals surface area contributed by atoms with Crippen molar-refractivity contribution >= 4 is 27.6 Å². The molecule has 5 nitrogen and oxygen atoms in total. The molecule has 2 atom stereocenters. The monoisotopic (exact) mass is 317 g/mol. The lowest BCUT2D eigenvalue weighted by atomic mass is 9.98. The van der Waals surface area contributed by atoms with Crippen LogP contribution in [0.5, 0.6) is 0 Å². The molecule has 0 saturated carbocycles. The fourth-order valence-corrected chi connectivity index (χ4v) is 2.07. The van der Waals surface area contributed by atoms with Crippen molar-refractivity contribution in [3.05, 3.63) is 29.3 Å². The Labute approximate surface area is 114 Å². The van der Waals surface area contributed by atoms with Crippen LogP contribution in [0, 0.1) is 0 Å². The minimum atomic E-state index is -1.13. The van der Waals surface area contributed by atoms with Gasteiger partial charge in [0.2, 0.25) is 0 Å². The quantitative estimate of drug-likeness (QED) is 0.431. The summed E-state index contributed by atoms with van der Waals surface area (Å²) in [5.74, 6) is -0.573. The van der Waals surface area contributed by atoms with E-state index >= 15 is 0 Å². The van der Waals surface area contributed by atoms with Crippen molar-refractivity contribution in [1.82, 2.24) is 0 Å². The molecule has 1 aromatic rings. The highest BCUT2D eigenvalue weighted by molar-refractivity contribution is 9.09. The third kappa shape index (κ3) is 3.22. The Hall–Kier alpha value is -1.11. The van der Waals surface area contributed by atoms with E-state index in [-0.39, 0.29) is 11.3 Å². The summed E-state index contributed by atoms with van der Waals surface area (Å²) in [5, 5.41) is 20.3. The molecule has 0 heterocycles. The Morgan fingerprint density at radius 1 is 1.50 bits per heavy atom. The molecule has 2 unspecified atom stereocenters. The number of aliphatic hydroxyl groups is 2. The van der Waals surface area contributed by atoms with Crippen molar-refractivity contribution < 1.29 is 19.7 Å². The van der Waals surface area contributed by atoms with E-state index in [4.69, 9.17) is 5.73 Å². The lowest BCUT2D eigenvalue weighted by Crippen LogP contribution is -2.20. The molecular weight excluding hydrogens is 302 g/mol. The molecule has 0 aliphatic rings. The van der Waals surface area contributed by atoms with Gasteiger partial charge in [0.15, 0.2) is 0 Å². The van der Waals surface area contributed by atoms with Gasteiger partial charge in [0.25, 0.3) is 0 Å². The Morgan fingerprint density at radius 2 is 2.17 bits per heavy atom. The number of nitrogen functional groups attached to an aromatic ring is 1. The lowest BCUT2D eigenvalue weighted by Gasteiger charge is -2.19. The highest BCUT2D eigenvalue weighted by Crippen LogP contribution is 2.27. The molecule has 0 fully saturated rings. The number of halogens is 1. The normalized spacial score (nSPS) is 14.0. The molecule has 0 aromatic heterocycles. The summed E-state index contributed by atoms with van der Waals surface area (Å²) in [7, 11) is 1.25. The van der Waals surface area contributed by atoms with Crippen molar-refractivity contribution in [2.75, 3.05) is 18.2 Å². The van der Waals surface area contributed by atoms with E-state index in [1.807, 2.05) is 0 Å². The van der Waals surface area contributed by atoms with E-state index in [0.717, 1.165) is 0 Å². The molecule has 0 spiro atoms. The number of carbonyl (C=O) groups is 1. The van der Waals surface area contributed by atoms with Crippen molar-refractivity contribution in [3.63, 3.8) is 0 Å². The first-order chi connectivity index (χ1) is 8.52. The van der Waals surface area contributed by atoms with Crippen molar-refractivity contribution in [2.24, 2.45) is 0 Å². The second-order valence-corrected chi connectivity index (χ2v) is 4.58. The summed E-state index contributed by atoms with van der Waals surface area (Å²) in [6.07, 6.45) is -1.70. The average molecular weight is 318 g/mol. The topological polar surface area (TPSA) is 92.8 Å². The van der Waals surface area contributed by atoms with E-state index in [9.17, 15) is 15.0 Å². The number of aliphatic hydroxyl groups excluding tert-OH is 2. The molecule has 0 saturated heterocycles. The van der Waals surface area contributed by atoms with Crippen LogP contribution >= 0.6 is 15.9 Å². The third-order valence-corrected chi connectivity index (χ3v) is 3.09. The largest absolute Gasteiger partial charge is 0.465 e. The van der Waals surface area contributed by atoms with Crippen LogP contribution in [0.2, 0.25) is 0 Å². The maximum atomic E-state index is 11.5. The molecule has 1 rings (SSSR count). The maximum absolute atomic E-state index is 11.5. The zero-order valence-corrected chi connectivity index (χ0v) is 11.6. The highest BCUT2D eigenvalue weighted by Gasteiger charge is 2.22. The molecule has 0 radical (unpaired) electrons. The number of nitrogens with two attached hydrogens (primary N) is 1. The van der Waals surface area contributed by atoms with Crippen LogP contribution in [0.1, 0.15) is 28.4 Å². The highest BCUT2D eigenvalue weighted by atomic mass is 79.9. The number of hydrogen-bond acceptors (Lipinski definition) is 5. The molecule has 1 aromatic carbocycles. The number of ether oxygens (including phenoxy) is 1. The molecular formula is C12H16BrNO4. The van der Waals surface area contributed by atoms with Gasteiger partial charge < -0.3 is 20.7 Å². The van der Waals surface area contributed by atoms with Gasteiger partial charge in [-0.1, -0.05) is 28.1 Å². The summed E-state index contributed by atoms with van der Waals surface area (Å²) >= 11 is 3.18. The molecule has 0 aliphatic carbocycles. The molecule has 4 N–H and O–H groups in total. The van der Waals surface area contributed by atoms with E-state index in [2.05, 4.69) is 20.7 Å². The first-order valence-electron chi connectivity index (χ1n) is 5.41. The number of alkyl halides is 1. The van der Waals surface area contributed by atoms with Gasteiger partial charge in [-0.05, 0) is 12.5 Å². The van der Waals surface area contributed by atoms with Gasteiger partial charge in [-0.2, -0.15) is 0 Å². The van der Waals surface area contributed by atoms with Gasteiger partial charge in [-0.25, -0.2) is 4.79 Å². The Morgan fingerprint density at radius 3 is 2.72 bits per heavy atom. The van der Waals surface area contributed by atoms with Crippen molar-refractivity contribution in [3.8, 4) is 0 Å².